The van der Waals surface area contributed by atoms with E-state index in [0.29, 0.717) is 6.54 Å². The number of aromatic nitrogens is 2. The predicted molar refractivity (Wildman–Crippen MR) is 137 cm³/mol. The molecule has 2 heterocycles. The van der Waals surface area contributed by atoms with E-state index < -0.39 is 5.91 Å². The standard InChI is InChI=1S/C28H24N4O2/c1-18-9-12-21(13-10-18)27-28-23(22-7-2-3-8-24(22)30-28)16-25(31-27)29-17-20-6-4-5-19(15-20)11-14-26(33)32-34/h2-16,30,34H,17H2,1H3,(H,29,31)(H,32,33)/b14-11+. The number of pyridine rings is 1. The molecule has 0 radical (unpaired) electrons. The first kappa shape index (κ1) is 21.4. The zero-order chi connectivity index (χ0) is 23.5. The number of para-hydroxylation sites is 1. The lowest BCUT2D eigenvalue weighted by Gasteiger charge is -2.11. The Kier molecular flexibility index (Phi) is 5.81. The van der Waals surface area contributed by atoms with Gasteiger partial charge in [-0.2, -0.15) is 0 Å². The second-order valence-corrected chi connectivity index (χ2v) is 8.22. The summed E-state index contributed by atoms with van der Waals surface area (Å²) in [5, 5.41) is 14.4. The molecule has 0 fully saturated rings. The Balaban J connectivity index is 1.50. The molecule has 168 valence electrons. The van der Waals surface area contributed by atoms with Gasteiger partial charge in [0.05, 0.1) is 11.2 Å². The monoisotopic (exact) mass is 448 g/mol. The lowest BCUT2D eigenvalue weighted by Crippen LogP contribution is -2.14. The van der Waals surface area contributed by atoms with Crippen molar-refractivity contribution in [3.63, 3.8) is 0 Å². The fourth-order valence-corrected chi connectivity index (χ4v) is 4.07. The molecule has 6 nitrogen and oxygen atoms in total. The number of nitrogens with one attached hydrogen (secondary N) is 3. The van der Waals surface area contributed by atoms with Crippen LogP contribution in [-0.4, -0.2) is 21.1 Å². The molecule has 3 aromatic carbocycles. The number of carbonyl (C=O) groups excluding carboxylic acids is 1. The molecule has 6 heteroatoms. The van der Waals surface area contributed by atoms with Crippen molar-refractivity contribution in [2.45, 2.75) is 13.5 Å². The molecule has 0 saturated heterocycles. The van der Waals surface area contributed by atoms with E-state index in [9.17, 15) is 4.79 Å². The lowest BCUT2D eigenvalue weighted by molar-refractivity contribution is -0.124. The summed E-state index contributed by atoms with van der Waals surface area (Å²) in [6.45, 7) is 2.65. The van der Waals surface area contributed by atoms with Crippen molar-refractivity contribution in [2.24, 2.45) is 0 Å². The highest BCUT2D eigenvalue weighted by Crippen LogP contribution is 2.34. The van der Waals surface area contributed by atoms with Gasteiger partial charge in [0.2, 0.25) is 0 Å². The van der Waals surface area contributed by atoms with Crippen molar-refractivity contribution in [3.05, 3.63) is 102 Å². The number of hydroxylamine groups is 1. The average molecular weight is 449 g/mol. The van der Waals surface area contributed by atoms with Crippen LogP contribution < -0.4 is 10.8 Å². The van der Waals surface area contributed by atoms with Gasteiger partial charge in [0.1, 0.15) is 5.82 Å². The summed E-state index contributed by atoms with van der Waals surface area (Å²) in [7, 11) is 0. The van der Waals surface area contributed by atoms with Crippen LogP contribution in [0.25, 0.3) is 39.1 Å². The maximum absolute atomic E-state index is 11.3. The molecule has 34 heavy (non-hydrogen) atoms. The summed E-state index contributed by atoms with van der Waals surface area (Å²) < 4.78 is 0. The minimum absolute atomic E-state index is 0.566. The van der Waals surface area contributed by atoms with Crippen molar-refractivity contribution in [1.29, 1.82) is 0 Å². The summed E-state index contributed by atoms with van der Waals surface area (Å²) >= 11 is 0. The van der Waals surface area contributed by atoms with Crippen LogP contribution in [0.1, 0.15) is 16.7 Å². The number of carbonyl (C=O) groups is 1. The molecule has 5 aromatic rings. The Hall–Kier alpha value is -4.42. The fourth-order valence-electron chi connectivity index (χ4n) is 4.07. The highest BCUT2D eigenvalue weighted by Gasteiger charge is 2.13. The molecule has 0 bridgehead atoms. The van der Waals surface area contributed by atoms with Gasteiger partial charge in [0.15, 0.2) is 0 Å². The fraction of sp³-hybridized carbons (Fsp3) is 0.0714. The van der Waals surface area contributed by atoms with E-state index in [1.807, 2.05) is 36.4 Å². The molecule has 0 unspecified atom stereocenters. The van der Waals surface area contributed by atoms with E-state index in [1.54, 1.807) is 11.6 Å². The van der Waals surface area contributed by atoms with Crippen LogP contribution in [0.15, 0.2) is 84.9 Å². The predicted octanol–water partition coefficient (Wildman–Crippen LogP) is 5.82. The number of nitrogens with zero attached hydrogens (tertiary/aromatic N) is 1. The van der Waals surface area contributed by atoms with Crippen LogP contribution in [0.5, 0.6) is 0 Å². The van der Waals surface area contributed by atoms with Crippen molar-refractivity contribution in [3.8, 4) is 11.3 Å². The van der Waals surface area contributed by atoms with Crippen molar-refractivity contribution in [1.82, 2.24) is 15.4 Å². The maximum atomic E-state index is 11.3. The Bertz CT molecular complexity index is 1520. The van der Waals surface area contributed by atoms with Gasteiger partial charge < -0.3 is 10.3 Å². The molecule has 0 aliphatic heterocycles. The highest BCUT2D eigenvalue weighted by atomic mass is 16.5. The number of aryl methyl sites for hydroxylation is 1. The second kappa shape index (κ2) is 9.21. The first-order valence-electron chi connectivity index (χ1n) is 11.0. The number of amides is 1. The van der Waals surface area contributed by atoms with E-state index in [1.165, 1.54) is 11.6 Å². The number of aromatic amines is 1. The van der Waals surface area contributed by atoms with E-state index in [0.717, 1.165) is 50.0 Å². The quantitative estimate of drug-likeness (QED) is 0.150. The zero-order valence-electron chi connectivity index (χ0n) is 18.7. The number of rotatable bonds is 6. The first-order chi connectivity index (χ1) is 16.6. The molecular weight excluding hydrogens is 424 g/mol. The first-order valence-corrected chi connectivity index (χ1v) is 11.0. The molecule has 4 N–H and O–H groups in total. The van der Waals surface area contributed by atoms with Gasteiger partial charge in [-0.15, -0.1) is 0 Å². The average Bonchev–Trinajstić information content (AvgIpc) is 3.25. The van der Waals surface area contributed by atoms with Crippen LogP contribution in [0.3, 0.4) is 0 Å². The van der Waals surface area contributed by atoms with Crippen LogP contribution in [0.2, 0.25) is 0 Å². The van der Waals surface area contributed by atoms with E-state index in [-0.39, 0.29) is 0 Å². The third kappa shape index (κ3) is 4.40. The Labute approximate surface area is 196 Å². The molecule has 0 aliphatic rings. The lowest BCUT2D eigenvalue weighted by atomic mass is 10.1. The highest BCUT2D eigenvalue weighted by molar-refractivity contribution is 6.11. The second-order valence-electron chi connectivity index (χ2n) is 8.22. The number of H-pyrrole nitrogens is 1. The minimum Gasteiger partial charge on any atom is -0.366 e. The van der Waals surface area contributed by atoms with Crippen LogP contribution in [-0.2, 0) is 11.3 Å². The van der Waals surface area contributed by atoms with Crippen LogP contribution >= 0.6 is 0 Å². The number of hydrogen-bond acceptors (Lipinski definition) is 4. The molecule has 0 spiro atoms. The number of fused-ring (bicyclic) bond motifs is 3. The topological polar surface area (TPSA) is 90.0 Å². The number of anilines is 1. The summed E-state index contributed by atoms with van der Waals surface area (Å²) in [5.74, 6) is 0.219. The molecule has 1 amide bonds. The Morgan fingerprint density at radius 3 is 2.65 bits per heavy atom. The summed E-state index contributed by atoms with van der Waals surface area (Å²) in [6.07, 6.45) is 2.94. The van der Waals surface area contributed by atoms with Gasteiger partial charge in [-0.25, -0.2) is 10.5 Å². The maximum Gasteiger partial charge on any atom is 0.267 e. The van der Waals surface area contributed by atoms with Crippen molar-refractivity contribution >= 4 is 39.6 Å². The zero-order valence-corrected chi connectivity index (χ0v) is 18.7. The molecule has 5 rings (SSSR count). The van der Waals surface area contributed by atoms with Gasteiger partial charge >= 0.3 is 0 Å². The largest absolute Gasteiger partial charge is 0.366 e. The third-order valence-corrected chi connectivity index (χ3v) is 5.78. The molecule has 0 saturated carbocycles. The smallest absolute Gasteiger partial charge is 0.267 e. The molecule has 0 aliphatic carbocycles. The van der Waals surface area contributed by atoms with Crippen molar-refractivity contribution < 1.29 is 10.0 Å². The van der Waals surface area contributed by atoms with E-state index in [4.69, 9.17) is 10.2 Å². The third-order valence-electron chi connectivity index (χ3n) is 5.78. The van der Waals surface area contributed by atoms with Gasteiger partial charge in [-0.05, 0) is 42.3 Å². The number of hydrogen-bond donors (Lipinski definition) is 4. The molecule has 0 atom stereocenters. The minimum atomic E-state index is -0.566. The summed E-state index contributed by atoms with van der Waals surface area (Å²) in [5.41, 5.74) is 8.77. The van der Waals surface area contributed by atoms with Gasteiger partial charge in [0, 0.05) is 34.5 Å². The van der Waals surface area contributed by atoms with Crippen LogP contribution in [0, 0.1) is 6.92 Å². The van der Waals surface area contributed by atoms with Crippen LogP contribution in [0.4, 0.5) is 5.82 Å². The SMILES string of the molecule is Cc1ccc(-c2nc(NCc3cccc(/C=C/C(=O)NO)c3)cc3c2[nH]c2ccccc23)cc1. The van der Waals surface area contributed by atoms with Gasteiger partial charge in [0.25, 0.3) is 5.91 Å². The van der Waals surface area contributed by atoms with Gasteiger partial charge in [-0.1, -0.05) is 66.2 Å². The Morgan fingerprint density at radius 1 is 1.00 bits per heavy atom. The van der Waals surface area contributed by atoms with Gasteiger partial charge in [-0.3, -0.25) is 10.0 Å². The molecular formula is C28H24N4O2. The number of benzene rings is 3. The van der Waals surface area contributed by atoms with Crippen molar-refractivity contribution in [2.75, 3.05) is 5.32 Å². The normalized spacial score (nSPS) is 11.4. The van der Waals surface area contributed by atoms with E-state index >= 15 is 0 Å². The summed E-state index contributed by atoms with van der Waals surface area (Å²) in [6, 6.07) is 26.6. The van der Waals surface area contributed by atoms with E-state index in [2.05, 4.69) is 59.7 Å². The Morgan fingerprint density at radius 2 is 1.82 bits per heavy atom. The molecule has 2 aromatic heterocycles. The summed E-state index contributed by atoms with van der Waals surface area (Å²) in [4.78, 5) is 19.8.